The van der Waals surface area contributed by atoms with E-state index in [1.54, 1.807) is 57.6 Å². The summed E-state index contributed by atoms with van der Waals surface area (Å²) < 4.78 is 24.0. The lowest BCUT2D eigenvalue weighted by atomic mass is 9.95. The number of allylic oxidation sites excluding steroid dienone is 1. The molecule has 188 valence electrons. The number of thiazole rings is 1. The molecule has 36 heavy (non-hydrogen) atoms. The predicted molar refractivity (Wildman–Crippen MR) is 141 cm³/mol. The molecule has 0 fully saturated rings. The van der Waals surface area contributed by atoms with Crippen molar-refractivity contribution in [2.24, 2.45) is 4.99 Å². The highest BCUT2D eigenvalue weighted by molar-refractivity contribution is 9.10. The van der Waals surface area contributed by atoms with Crippen molar-refractivity contribution in [1.29, 1.82) is 0 Å². The lowest BCUT2D eigenvalue weighted by Gasteiger charge is -2.25. The van der Waals surface area contributed by atoms with Crippen LogP contribution in [0.15, 0.2) is 55.9 Å². The standard InChI is InChI=1S/C25H22BrClN2O6S/c1-12-21(24(31)35-5)22(15-10-14(27)6-7-17(15)32-2)29-23(30)20(36-25(29)28-12)9-13-8-16(26)19(34-4)11-18(13)33-3/h6-11,22H,1-5H3/b20-9-/t22-/m0/s1. The number of ether oxygens (including phenoxy) is 4. The van der Waals surface area contributed by atoms with E-state index >= 15 is 0 Å². The first-order valence-electron chi connectivity index (χ1n) is 10.6. The van der Waals surface area contributed by atoms with Crippen molar-refractivity contribution < 1.29 is 23.7 Å². The second-order valence-electron chi connectivity index (χ2n) is 7.69. The Kier molecular flexibility index (Phi) is 7.58. The highest BCUT2D eigenvalue weighted by Crippen LogP contribution is 2.37. The van der Waals surface area contributed by atoms with E-state index in [2.05, 4.69) is 20.9 Å². The molecule has 4 rings (SSSR count). The maximum absolute atomic E-state index is 13.8. The molecule has 0 N–H and O–H groups in total. The molecule has 2 aromatic carbocycles. The Bertz CT molecular complexity index is 1580. The van der Waals surface area contributed by atoms with Crippen molar-refractivity contribution in [3.63, 3.8) is 0 Å². The zero-order chi connectivity index (χ0) is 26.1. The van der Waals surface area contributed by atoms with Crippen LogP contribution >= 0.6 is 38.9 Å². The minimum Gasteiger partial charge on any atom is -0.496 e. The number of carbonyl (C=O) groups excluding carboxylic acids is 1. The van der Waals surface area contributed by atoms with Gasteiger partial charge in [0.05, 0.1) is 48.7 Å². The molecule has 0 saturated heterocycles. The molecule has 11 heteroatoms. The van der Waals surface area contributed by atoms with Gasteiger partial charge in [0.1, 0.15) is 23.3 Å². The van der Waals surface area contributed by atoms with Gasteiger partial charge in [0.15, 0.2) is 4.80 Å². The summed E-state index contributed by atoms with van der Waals surface area (Å²) in [5.41, 5.74) is 1.52. The molecule has 0 aliphatic carbocycles. The maximum Gasteiger partial charge on any atom is 0.338 e. The van der Waals surface area contributed by atoms with Crippen molar-refractivity contribution in [1.82, 2.24) is 4.57 Å². The van der Waals surface area contributed by atoms with Crippen LogP contribution in [0.5, 0.6) is 17.2 Å². The van der Waals surface area contributed by atoms with Crippen LogP contribution in [0.1, 0.15) is 24.1 Å². The third-order valence-electron chi connectivity index (χ3n) is 5.70. The van der Waals surface area contributed by atoms with Crippen molar-refractivity contribution in [2.45, 2.75) is 13.0 Å². The molecule has 0 amide bonds. The Labute approximate surface area is 224 Å². The van der Waals surface area contributed by atoms with Gasteiger partial charge in [0.25, 0.3) is 5.56 Å². The van der Waals surface area contributed by atoms with Gasteiger partial charge >= 0.3 is 5.97 Å². The van der Waals surface area contributed by atoms with Gasteiger partial charge in [-0.25, -0.2) is 9.79 Å². The van der Waals surface area contributed by atoms with Crippen LogP contribution < -0.4 is 29.1 Å². The number of carbonyl (C=O) groups is 1. The topological polar surface area (TPSA) is 88.4 Å². The smallest absolute Gasteiger partial charge is 0.338 e. The Hall–Kier alpha value is -3.08. The summed E-state index contributed by atoms with van der Waals surface area (Å²) in [6.45, 7) is 1.71. The monoisotopic (exact) mass is 592 g/mol. The highest BCUT2D eigenvalue weighted by Gasteiger charge is 2.35. The molecule has 0 bridgehead atoms. The number of hydrogen-bond donors (Lipinski definition) is 0. The lowest BCUT2D eigenvalue weighted by molar-refractivity contribution is -0.136. The number of fused-ring (bicyclic) bond motifs is 1. The summed E-state index contributed by atoms with van der Waals surface area (Å²) >= 11 is 11.0. The number of nitrogens with zero attached hydrogens (tertiary/aromatic N) is 2. The summed E-state index contributed by atoms with van der Waals surface area (Å²) in [4.78, 5) is 31.7. The van der Waals surface area contributed by atoms with Crippen LogP contribution in [0.3, 0.4) is 0 Å². The second-order valence-corrected chi connectivity index (χ2v) is 9.99. The van der Waals surface area contributed by atoms with E-state index in [9.17, 15) is 9.59 Å². The number of hydrogen-bond acceptors (Lipinski definition) is 8. The number of benzene rings is 2. The highest BCUT2D eigenvalue weighted by atomic mass is 79.9. The van der Waals surface area contributed by atoms with E-state index in [0.29, 0.717) is 52.9 Å². The number of methoxy groups -OCH3 is 4. The molecule has 1 aliphatic heterocycles. The second kappa shape index (κ2) is 10.5. The first-order valence-corrected chi connectivity index (χ1v) is 12.6. The Morgan fingerprint density at radius 2 is 1.78 bits per heavy atom. The lowest BCUT2D eigenvalue weighted by Crippen LogP contribution is -2.40. The molecule has 0 unspecified atom stereocenters. The fraction of sp³-hybridized carbons (Fsp3) is 0.240. The quantitative estimate of drug-likeness (QED) is 0.404. The third-order valence-corrected chi connectivity index (χ3v) is 7.54. The zero-order valence-corrected chi connectivity index (χ0v) is 23.2. The minimum absolute atomic E-state index is 0.224. The molecular weight excluding hydrogens is 572 g/mol. The van der Waals surface area contributed by atoms with Gasteiger partial charge in [-0.05, 0) is 53.2 Å². The van der Waals surface area contributed by atoms with E-state index in [-0.39, 0.29) is 11.1 Å². The van der Waals surface area contributed by atoms with Crippen LogP contribution in [0.2, 0.25) is 5.02 Å². The fourth-order valence-corrected chi connectivity index (χ4v) is 5.78. The van der Waals surface area contributed by atoms with Crippen LogP contribution in [0.4, 0.5) is 0 Å². The van der Waals surface area contributed by atoms with Gasteiger partial charge < -0.3 is 18.9 Å². The molecular formula is C25H22BrClN2O6S. The first kappa shape index (κ1) is 26.0. The van der Waals surface area contributed by atoms with Gasteiger partial charge in [-0.15, -0.1) is 0 Å². The normalized spacial score (nSPS) is 15.3. The number of esters is 1. The third kappa shape index (κ3) is 4.56. The fourth-order valence-electron chi connectivity index (χ4n) is 4.04. The average molecular weight is 594 g/mol. The number of aromatic nitrogens is 1. The molecule has 1 aromatic heterocycles. The maximum atomic E-state index is 13.8. The molecule has 2 heterocycles. The molecule has 0 spiro atoms. The molecule has 1 aliphatic rings. The largest absolute Gasteiger partial charge is 0.496 e. The van der Waals surface area contributed by atoms with Crippen LogP contribution in [0.25, 0.3) is 6.08 Å². The van der Waals surface area contributed by atoms with Gasteiger partial charge in [0, 0.05) is 22.2 Å². The van der Waals surface area contributed by atoms with E-state index in [4.69, 9.17) is 30.5 Å². The van der Waals surface area contributed by atoms with Crippen molar-refractivity contribution in [3.8, 4) is 17.2 Å². The molecule has 0 radical (unpaired) electrons. The van der Waals surface area contributed by atoms with Crippen molar-refractivity contribution >= 4 is 50.9 Å². The zero-order valence-electron chi connectivity index (χ0n) is 20.0. The summed E-state index contributed by atoms with van der Waals surface area (Å²) in [7, 11) is 5.90. The number of rotatable bonds is 6. The molecule has 1 atom stereocenters. The summed E-state index contributed by atoms with van der Waals surface area (Å²) in [5.74, 6) is 0.992. The van der Waals surface area contributed by atoms with Crippen LogP contribution in [-0.2, 0) is 9.53 Å². The van der Waals surface area contributed by atoms with E-state index < -0.39 is 12.0 Å². The minimum atomic E-state index is -0.853. The van der Waals surface area contributed by atoms with E-state index in [1.807, 2.05) is 0 Å². The van der Waals surface area contributed by atoms with Crippen molar-refractivity contribution in [2.75, 3.05) is 28.4 Å². The van der Waals surface area contributed by atoms with Gasteiger partial charge in [0.2, 0.25) is 0 Å². The Balaban J connectivity index is 2.03. The molecule has 3 aromatic rings. The van der Waals surface area contributed by atoms with Gasteiger partial charge in [-0.3, -0.25) is 9.36 Å². The Morgan fingerprint density at radius 3 is 2.42 bits per heavy atom. The average Bonchev–Trinajstić information content (AvgIpc) is 3.17. The van der Waals surface area contributed by atoms with E-state index in [0.717, 1.165) is 0 Å². The Morgan fingerprint density at radius 1 is 1.08 bits per heavy atom. The van der Waals surface area contributed by atoms with E-state index in [1.165, 1.54) is 30.1 Å². The first-order chi connectivity index (χ1) is 17.2. The van der Waals surface area contributed by atoms with Crippen LogP contribution in [-0.4, -0.2) is 39.0 Å². The summed E-state index contributed by atoms with van der Waals surface area (Å²) in [5, 5.41) is 0.430. The predicted octanol–water partition coefficient (Wildman–Crippen LogP) is 3.85. The number of halogens is 2. The summed E-state index contributed by atoms with van der Waals surface area (Å²) in [6.07, 6.45) is 1.72. The molecule has 0 saturated carbocycles. The van der Waals surface area contributed by atoms with Crippen molar-refractivity contribution in [3.05, 3.63) is 81.9 Å². The van der Waals surface area contributed by atoms with Gasteiger partial charge in [-0.1, -0.05) is 22.9 Å². The summed E-state index contributed by atoms with van der Waals surface area (Å²) in [6, 6.07) is 7.72. The SMILES string of the molecule is COC(=O)C1=C(C)N=c2s/c(=C\c3cc(Br)c(OC)cc3OC)c(=O)n2[C@H]1c1cc(Cl)ccc1OC. The van der Waals surface area contributed by atoms with Gasteiger partial charge in [-0.2, -0.15) is 0 Å². The van der Waals surface area contributed by atoms with Crippen LogP contribution in [0, 0.1) is 0 Å². The molecule has 8 nitrogen and oxygen atoms in total.